The summed E-state index contributed by atoms with van der Waals surface area (Å²) in [5.41, 5.74) is 3.59. The van der Waals surface area contributed by atoms with Gasteiger partial charge in [0.15, 0.2) is 17.3 Å². The van der Waals surface area contributed by atoms with E-state index in [4.69, 9.17) is 28.3 Å². The maximum atomic E-state index is 13.7. The fourth-order valence-corrected chi connectivity index (χ4v) is 4.79. The molecule has 2 heterocycles. The van der Waals surface area contributed by atoms with Gasteiger partial charge in [0, 0.05) is 5.56 Å². The highest BCUT2D eigenvalue weighted by atomic mass is 16.5. The summed E-state index contributed by atoms with van der Waals surface area (Å²) in [6, 6.07) is 26.0. The largest absolute Gasteiger partial charge is 0.496 e. The predicted octanol–water partition coefficient (Wildman–Crippen LogP) is 6.61. The topological polar surface area (TPSA) is 97.3 Å². The van der Waals surface area contributed by atoms with Crippen LogP contribution in [0.5, 0.6) is 23.0 Å². The molecule has 0 fully saturated rings. The highest BCUT2D eigenvalue weighted by Crippen LogP contribution is 2.39. The van der Waals surface area contributed by atoms with E-state index in [1.165, 1.54) is 10.2 Å². The third kappa shape index (κ3) is 5.40. The quantitative estimate of drug-likeness (QED) is 0.179. The molecule has 2 aromatic heterocycles. The Bertz CT molecular complexity index is 2000. The Kier molecular flexibility index (Phi) is 7.53. The van der Waals surface area contributed by atoms with Crippen molar-refractivity contribution < 1.29 is 23.4 Å². The molecular weight excluding hydrogens is 546 g/mol. The maximum absolute atomic E-state index is 13.7. The first kappa shape index (κ1) is 27.6. The first-order chi connectivity index (χ1) is 21.0. The van der Waals surface area contributed by atoms with Crippen LogP contribution in [0.2, 0.25) is 0 Å². The van der Waals surface area contributed by atoms with Gasteiger partial charge in [-0.2, -0.15) is 9.78 Å². The summed E-state index contributed by atoms with van der Waals surface area (Å²) in [6.07, 6.45) is 1.54. The van der Waals surface area contributed by atoms with E-state index in [1.807, 2.05) is 55.5 Å². The molecule has 0 atom stereocenters. The number of aryl methyl sites for hydroxylation is 1. The van der Waals surface area contributed by atoms with Gasteiger partial charge in [0.05, 0.1) is 43.8 Å². The van der Waals surface area contributed by atoms with Crippen molar-refractivity contribution >= 4 is 28.1 Å². The van der Waals surface area contributed by atoms with Gasteiger partial charge in [0.2, 0.25) is 11.6 Å². The van der Waals surface area contributed by atoms with E-state index in [0.29, 0.717) is 57.4 Å². The third-order valence-corrected chi connectivity index (χ3v) is 7.02. The second kappa shape index (κ2) is 11.7. The van der Waals surface area contributed by atoms with Crippen LogP contribution >= 0.6 is 0 Å². The predicted molar refractivity (Wildman–Crippen MR) is 166 cm³/mol. The first-order valence-electron chi connectivity index (χ1n) is 13.6. The Morgan fingerprint density at radius 1 is 0.837 bits per heavy atom. The Balaban J connectivity index is 1.42. The van der Waals surface area contributed by atoms with E-state index in [2.05, 4.69) is 5.10 Å². The number of furan rings is 1. The number of nitrogens with zero attached hydrogens (tertiary/aromatic N) is 3. The molecule has 0 aliphatic rings. The highest BCUT2D eigenvalue weighted by molar-refractivity contribution is 5.89. The number of fused-ring (bicyclic) bond motifs is 2. The van der Waals surface area contributed by atoms with Crippen LogP contribution in [-0.2, 0) is 6.61 Å². The van der Waals surface area contributed by atoms with Crippen molar-refractivity contribution in [1.29, 1.82) is 0 Å². The van der Waals surface area contributed by atoms with E-state index in [9.17, 15) is 4.79 Å². The zero-order chi connectivity index (χ0) is 29.9. The number of ether oxygens (including phenoxy) is 4. The maximum Gasteiger partial charge on any atom is 0.282 e. The zero-order valence-corrected chi connectivity index (χ0v) is 24.2. The Morgan fingerprint density at radius 3 is 2.28 bits per heavy atom. The minimum absolute atomic E-state index is 0.246. The summed E-state index contributed by atoms with van der Waals surface area (Å²) in [5, 5.41) is 5.75. The standard InChI is InChI=1S/C34H29N3O6/c1-21-12-14-22(15-13-21)20-42-32-29(40-3)16-23(17-30(32)41-4)19-35-37-33(36-26-9-6-5-8-24(26)34(37)38)31-18-25-27(39-2)10-7-11-28(25)43-31/h5-19H,20H2,1-4H3. The lowest BCUT2D eigenvalue weighted by Gasteiger charge is -2.15. The molecule has 0 aliphatic carbocycles. The van der Waals surface area contributed by atoms with Crippen LogP contribution in [0.3, 0.4) is 0 Å². The van der Waals surface area contributed by atoms with E-state index >= 15 is 0 Å². The monoisotopic (exact) mass is 575 g/mol. The van der Waals surface area contributed by atoms with Crippen LogP contribution in [-0.4, -0.2) is 37.2 Å². The van der Waals surface area contributed by atoms with Crippen molar-refractivity contribution in [3.05, 3.63) is 112 Å². The molecule has 43 heavy (non-hydrogen) atoms. The average molecular weight is 576 g/mol. The molecule has 0 bridgehead atoms. The molecule has 9 nitrogen and oxygen atoms in total. The number of aromatic nitrogens is 2. The fourth-order valence-electron chi connectivity index (χ4n) is 4.79. The van der Waals surface area contributed by atoms with E-state index in [0.717, 1.165) is 10.9 Å². The van der Waals surface area contributed by atoms with Gasteiger partial charge >= 0.3 is 0 Å². The summed E-state index contributed by atoms with van der Waals surface area (Å²) in [6.45, 7) is 2.38. The summed E-state index contributed by atoms with van der Waals surface area (Å²) >= 11 is 0. The molecule has 0 spiro atoms. The van der Waals surface area contributed by atoms with Gasteiger partial charge in [0.1, 0.15) is 17.9 Å². The van der Waals surface area contributed by atoms with Gasteiger partial charge < -0.3 is 23.4 Å². The number of benzene rings is 4. The number of hydrogen-bond acceptors (Lipinski definition) is 8. The smallest absolute Gasteiger partial charge is 0.282 e. The summed E-state index contributed by atoms with van der Waals surface area (Å²) < 4.78 is 30.2. The molecule has 4 aromatic carbocycles. The van der Waals surface area contributed by atoms with Crippen molar-refractivity contribution in [2.45, 2.75) is 13.5 Å². The average Bonchev–Trinajstić information content (AvgIpc) is 3.48. The Labute approximate surface area is 247 Å². The SMILES string of the molecule is COc1cc(C=Nn2c(-c3cc4c(OC)cccc4o3)nc3ccccc3c2=O)cc(OC)c1OCc1ccc(C)cc1. The van der Waals surface area contributed by atoms with Crippen LogP contribution < -0.4 is 24.5 Å². The van der Waals surface area contributed by atoms with Crippen LogP contribution in [0.4, 0.5) is 0 Å². The molecule has 0 N–H and O–H groups in total. The lowest BCUT2D eigenvalue weighted by atomic mass is 10.1. The van der Waals surface area contributed by atoms with E-state index < -0.39 is 0 Å². The molecule has 0 radical (unpaired) electrons. The minimum atomic E-state index is -0.346. The van der Waals surface area contributed by atoms with Gasteiger partial charge in [-0.15, -0.1) is 0 Å². The summed E-state index contributed by atoms with van der Waals surface area (Å²) in [5.74, 6) is 2.64. The number of methoxy groups -OCH3 is 3. The molecule has 0 unspecified atom stereocenters. The number of para-hydroxylation sites is 1. The molecule has 6 aromatic rings. The van der Waals surface area contributed by atoms with E-state index in [-0.39, 0.29) is 11.4 Å². The summed E-state index contributed by atoms with van der Waals surface area (Å²) in [4.78, 5) is 18.5. The Hall–Kier alpha value is -5.57. The summed E-state index contributed by atoms with van der Waals surface area (Å²) in [7, 11) is 4.71. The highest BCUT2D eigenvalue weighted by Gasteiger charge is 2.19. The lowest BCUT2D eigenvalue weighted by molar-refractivity contribution is 0.266. The van der Waals surface area contributed by atoms with Gasteiger partial charge in [-0.1, -0.05) is 48.0 Å². The lowest BCUT2D eigenvalue weighted by Crippen LogP contribution is -2.20. The second-order valence-electron chi connectivity index (χ2n) is 9.83. The molecule has 9 heteroatoms. The normalized spacial score (nSPS) is 11.3. The van der Waals surface area contributed by atoms with Gasteiger partial charge in [-0.3, -0.25) is 4.79 Å². The minimum Gasteiger partial charge on any atom is -0.496 e. The van der Waals surface area contributed by atoms with Crippen LogP contribution in [0.15, 0.2) is 99.2 Å². The van der Waals surface area contributed by atoms with Crippen molar-refractivity contribution in [2.75, 3.05) is 21.3 Å². The van der Waals surface area contributed by atoms with E-state index in [1.54, 1.807) is 63.9 Å². The molecule has 6 rings (SSSR count). The Morgan fingerprint density at radius 2 is 1.56 bits per heavy atom. The third-order valence-electron chi connectivity index (χ3n) is 7.02. The molecule has 0 aliphatic heterocycles. The van der Waals surface area contributed by atoms with Crippen molar-refractivity contribution in [3.8, 4) is 34.6 Å². The van der Waals surface area contributed by atoms with Crippen LogP contribution in [0.25, 0.3) is 33.5 Å². The molecule has 0 saturated carbocycles. The molecular formula is C34H29N3O6. The van der Waals surface area contributed by atoms with Gasteiger partial charge in [0.25, 0.3) is 5.56 Å². The number of hydrogen-bond donors (Lipinski definition) is 0. The first-order valence-corrected chi connectivity index (χ1v) is 13.6. The van der Waals surface area contributed by atoms with Crippen molar-refractivity contribution in [2.24, 2.45) is 5.10 Å². The molecule has 216 valence electrons. The van der Waals surface area contributed by atoms with Gasteiger partial charge in [-0.25, -0.2) is 4.98 Å². The van der Waals surface area contributed by atoms with Crippen LogP contribution in [0.1, 0.15) is 16.7 Å². The molecule has 0 saturated heterocycles. The number of rotatable bonds is 9. The zero-order valence-electron chi connectivity index (χ0n) is 24.2. The fraction of sp³-hybridized carbons (Fsp3) is 0.147. The molecule has 0 amide bonds. The van der Waals surface area contributed by atoms with Crippen molar-refractivity contribution in [1.82, 2.24) is 9.66 Å². The van der Waals surface area contributed by atoms with Crippen molar-refractivity contribution in [3.63, 3.8) is 0 Å². The van der Waals surface area contributed by atoms with Crippen LogP contribution in [0, 0.1) is 6.92 Å². The van der Waals surface area contributed by atoms with Gasteiger partial charge in [-0.05, 0) is 55.0 Å². The second-order valence-corrected chi connectivity index (χ2v) is 9.83.